The number of fused-ring (bicyclic) bond motifs is 2. The second kappa shape index (κ2) is 5.61. The van der Waals surface area contributed by atoms with Crippen LogP contribution in [0, 0.1) is 17.3 Å². The number of hydrogen-bond donors (Lipinski definition) is 2. The monoisotopic (exact) mass is 316 g/mol. The molecule has 3 rings (SSSR count). The zero-order chi connectivity index (χ0) is 15.8. The van der Waals surface area contributed by atoms with Crippen LogP contribution in [0.25, 0.3) is 0 Å². The van der Waals surface area contributed by atoms with Crippen LogP contribution >= 0.6 is 12.2 Å². The smallest absolute Gasteiger partial charge is 0.187 e. The molecule has 0 radical (unpaired) electrons. The van der Waals surface area contributed by atoms with E-state index in [2.05, 4.69) is 41.6 Å². The molecular formula is C17H24N4S. The van der Waals surface area contributed by atoms with Gasteiger partial charge in [0.25, 0.3) is 0 Å². The van der Waals surface area contributed by atoms with Crippen molar-refractivity contribution in [3.05, 3.63) is 30.1 Å². The Morgan fingerprint density at radius 2 is 2.09 bits per heavy atom. The lowest BCUT2D eigenvalue weighted by molar-refractivity contribution is 0.0833. The third-order valence-corrected chi connectivity index (χ3v) is 6.23. The minimum Gasteiger partial charge on any atom is -0.355 e. The molecule has 0 aliphatic heterocycles. The van der Waals surface area contributed by atoms with E-state index in [1.165, 1.54) is 19.3 Å². The Bertz CT molecular complexity index is 584. The van der Waals surface area contributed by atoms with Crippen molar-refractivity contribution in [3.63, 3.8) is 0 Å². The van der Waals surface area contributed by atoms with Crippen LogP contribution in [0.3, 0.4) is 0 Å². The van der Waals surface area contributed by atoms with Crippen LogP contribution in [0.1, 0.15) is 45.7 Å². The van der Waals surface area contributed by atoms with Crippen molar-refractivity contribution in [1.29, 1.82) is 0 Å². The molecule has 118 valence electrons. The second-order valence-corrected chi connectivity index (χ2v) is 7.62. The summed E-state index contributed by atoms with van der Waals surface area (Å²) in [6, 6.07) is 5.72. The van der Waals surface area contributed by atoms with Gasteiger partial charge in [-0.2, -0.15) is 5.10 Å². The van der Waals surface area contributed by atoms with E-state index < -0.39 is 0 Å². The van der Waals surface area contributed by atoms with E-state index in [0.717, 1.165) is 11.6 Å². The van der Waals surface area contributed by atoms with Gasteiger partial charge in [0.05, 0.1) is 11.9 Å². The molecular weight excluding hydrogens is 292 g/mol. The number of nitrogens with one attached hydrogen (secondary N) is 2. The second-order valence-electron chi connectivity index (χ2n) is 7.21. The molecule has 0 spiro atoms. The Balaban J connectivity index is 1.61. The van der Waals surface area contributed by atoms with Gasteiger partial charge >= 0.3 is 0 Å². The first-order valence-electron chi connectivity index (χ1n) is 7.96. The van der Waals surface area contributed by atoms with Crippen LogP contribution in [0.5, 0.6) is 0 Å². The summed E-state index contributed by atoms with van der Waals surface area (Å²) in [6.45, 7) is 7.04. The highest BCUT2D eigenvalue weighted by Gasteiger charge is 2.60. The molecule has 22 heavy (non-hydrogen) atoms. The Morgan fingerprint density at radius 3 is 2.73 bits per heavy atom. The first-order valence-corrected chi connectivity index (χ1v) is 8.36. The molecule has 1 heterocycles. The van der Waals surface area contributed by atoms with E-state index in [-0.39, 0.29) is 11.0 Å². The highest BCUT2D eigenvalue weighted by molar-refractivity contribution is 7.80. The van der Waals surface area contributed by atoms with Gasteiger partial charge in [0.15, 0.2) is 5.11 Å². The largest absolute Gasteiger partial charge is 0.355 e. The predicted molar refractivity (Wildman–Crippen MR) is 93.7 cm³/mol. The van der Waals surface area contributed by atoms with Crippen LogP contribution < -0.4 is 10.7 Å². The topological polar surface area (TPSA) is 49.3 Å². The molecule has 2 aliphatic rings. The number of hydrogen-bond acceptors (Lipinski definition) is 3. The molecule has 0 saturated heterocycles. The summed E-state index contributed by atoms with van der Waals surface area (Å²) < 4.78 is 0. The highest BCUT2D eigenvalue weighted by Crippen LogP contribution is 2.61. The third-order valence-electron chi connectivity index (χ3n) is 6.03. The minimum absolute atomic E-state index is 0.0422. The van der Waals surface area contributed by atoms with Crippen LogP contribution in [-0.4, -0.2) is 21.8 Å². The molecule has 4 nitrogen and oxygen atoms in total. The molecule has 2 aliphatic carbocycles. The number of rotatable bonds is 3. The summed E-state index contributed by atoms with van der Waals surface area (Å²) in [6.07, 6.45) is 7.40. The van der Waals surface area contributed by atoms with E-state index in [1.807, 2.05) is 18.2 Å². The minimum atomic E-state index is 0.0422. The predicted octanol–water partition coefficient (Wildman–Crippen LogP) is 3.09. The summed E-state index contributed by atoms with van der Waals surface area (Å²) in [7, 11) is 0. The zero-order valence-electron chi connectivity index (χ0n) is 13.5. The SMILES string of the molecule is CC1(C)C2CCC(C2)C1(C)NC(=S)N/N=C/c1ccccn1. The first-order chi connectivity index (χ1) is 10.4. The van der Waals surface area contributed by atoms with E-state index in [4.69, 9.17) is 12.2 Å². The number of thiocarbonyl (C=S) groups is 1. The van der Waals surface area contributed by atoms with Crippen LogP contribution in [0.15, 0.2) is 29.5 Å². The normalized spacial score (nSPS) is 32.3. The average Bonchev–Trinajstić information content (AvgIpc) is 3.03. The maximum absolute atomic E-state index is 5.44. The lowest BCUT2D eigenvalue weighted by Gasteiger charge is -2.48. The highest BCUT2D eigenvalue weighted by atomic mass is 32.1. The van der Waals surface area contributed by atoms with Gasteiger partial charge in [-0.3, -0.25) is 10.4 Å². The molecule has 2 N–H and O–H groups in total. The summed E-state index contributed by atoms with van der Waals surface area (Å²) in [5.41, 5.74) is 4.04. The Morgan fingerprint density at radius 1 is 1.32 bits per heavy atom. The maximum Gasteiger partial charge on any atom is 0.187 e. The Hall–Kier alpha value is -1.49. The summed E-state index contributed by atoms with van der Waals surface area (Å²) in [5, 5.41) is 8.33. The fourth-order valence-corrected chi connectivity index (χ4v) is 4.51. The molecule has 3 unspecified atom stereocenters. The first kappa shape index (κ1) is 15.4. The lowest BCUT2D eigenvalue weighted by atomic mass is 9.64. The number of hydrazone groups is 1. The summed E-state index contributed by atoms with van der Waals surface area (Å²) >= 11 is 5.44. The molecule has 2 fully saturated rings. The average molecular weight is 316 g/mol. The number of aromatic nitrogens is 1. The van der Waals surface area contributed by atoms with Gasteiger partial charge in [-0.1, -0.05) is 19.9 Å². The van der Waals surface area contributed by atoms with Crippen molar-refractivity contribution in [2.45, 2.75) is 45.6 Å². The van der Waals surface area contributed by atoms with Crippen molar-refractivity contribution in [1.82, 2.24) is 15.7 Å². The molecule has 2 bridgehead atoms. The molecule has 2 saturated carbocycles. The Labute approximate surface area is 137 Å². The van der Waals surface area contributed by atoms with Gasteiger partial charge in [0.1, 0.15) is 0 Å². The Kier molecular flexibility index (Phi) is 3.93. The van der Waals surface area contributed by atoms with E-state index >= 15 is 0 Å². The van der Waals surface area contributed by atoms with Gasteiger partial charge in [0, 0.05) is 11.7 Å². The fourth-order valence-electron chi connectivity index (χ4n) is 4.25. The molecule has 1 aromatic heterocycles. The van der Waals surface area contributed by atoms with Crippen LogP contribution in [0.4, 0.5) is 0 Å². The third kappa shape index (κ3) is 2.51. The standard InChI is InChI=1S/C17H24N4S/c1-16(2)12-7-8-13(10-12)17(16,3)20-15(22)21-19-11-14-6-4-5-9-18-14/h4-6,9,11-13H,7-8,10H2,1-3H3,(H2,20,21,22)/b19-11+. The van der Waals surface area contributed by atoms with E-state index in [1.54, 1.807) is 12.4 Å². The van der Waals surface area contributed by atoms with E-state index in [0.29, 0.717) is 11.0 Å². The maximum atomic E-state index is 5.44. The molecule has 5 heteroatoms. The zero-order valence-corrected chi connectivity index (χ0v) is 14.3. The molecule has 0 aromatic carbocycles. The summed E-state index contributed by atoms with van der Waals surface area (Å²) in [5.74, 6) is 1.50. The number of nitrogens with zero attached hydrogens (tertiary/aromatic N) is 2. The quantitative estimate of drug-likeness (QED) is 0.511. The van der Waals surface area contributed by atoms with Gasteiger partial charge < -0.3 is 5.32 Å². The van der Waals surface area contributed by atoms with Crippen molar-refractivity contribution in [3.8, 4) is 0 Å². The van der Waals surface area contributed by atoms with Gasteiger partial charge in [-0.25, -0.2) is 0 Å². The van der Waals surface area contributed by atoms with Crippen LogP contribution in [0.2, 0.25) is 0 Å². The van der Waals surface area contributed by atoms with Gasteiger partial charge in [-0.05, 0) is 67.8 Å². The van der Waals surface area contributed by atoms with Gasteiger partial charge in [0.2, 0.25) is 0 Å². The van der Waals surface area contributed by atoms with Crippen molar-refractivity contribution in [2.24, 2.45) is 22.4 Å². The van der Waals surface area contributed by atoms with Gasteiger partial charge in [-0.15, -0.1) is 0 Å². The molecule has 0 amide bonds. The van der Waals surface area contributed by atoms with Crippen LogP contribution in [-0.2, 0) is 0 Å². The molecule has 3 atom stereocenters. The number of pyridine rings is 1. The van der Waals surface area contributed by atoms with Crippen molar-refractivity contribution >= 4 is 23.5 Å². The van der Waals surface area contributed by atoms with Crippen molar-refractivity contribution < 1.29 is 0 Å². The lowest BCUT2D eigenvalue weighted by Crippen LogP contribution is -2.60. The fraction of sp³-hybridized carbons (Fsp3) is 0.588. The van der Waals surface area contributed by atoms with Crippen molar-refractivity contribution in [2.75, 3.05) is 0 Å². The van der Waals surface area contributed by atoms with E-state index in [9.17, 15) is 0 Å². The molecule has 1 aromatic rings. The summed E-state index contributed by atoms with van der Waals surface area (Å²) in [4.78, 5) is 4.19.